The van der Waals surface area contributed by atoms with E-state index in [1.807, 2.05) is 13.8 Å². The Labute approximate surface area is 191 Å². The Hall–Kier alpha value is -2.68. The molecule has 2 aliphatic rings. The molecule has 5 nitrogen and oxygen atoms in total. The van der Waals surface area contributed by atoms with Gasteiger partial charge in [-0.1, -0.05) is 49.2 Å². The van der Waals surface area contributed by atoms with Gasteiger partial charge < -0.3 is 4.90 Å². The number of fused-ring (bicyclic) bond motifs is 2. The molecule has 2 aromatic carbocycles. The number of nitrogens with zero attached hydrogens (tertiary/aromatic N) is 3. The van der Waals surface area contributed by atoms with E-state index in [0.29, 0.717) is 51.1 Å². The normalized spacial score (nSPS) is 22.0. The van der Waals surface area contributed by atoms with E-state index in [1.165, 1.54) is 11.8 Å². The van der Waals surface area contributed by atoms with Gasteiger partial charge in [-0.25, -0.2) is 0 Å². The Morgan fingerprint density at radius 3 is 2.61 bits per heavy atom. The Morgan fingerprint density at radius 2 is 1.97 bits per heavy atom. The van der Waals surface area contributed by atoms with Gasteiger partial charge in [0.2, 0.25) is 5.91 Å². The SMILES string of the molecule is CC(=O)N1c2c(C#N)cccc2N=C2CC(C)(C)CC(=O)C2C1c1ccc(Cl)cc1Cl. The molecule has 2 aromatic rings. The van der Waals surface area contributed by atoms with Crippen LogP contribution in [-0.4, -0.2) is 17.4 Å². The van der Waals surface area contributed by atoms with Crippen molar-refractivity contribution in [2.24, 2.45) is 16.3 Å². The van der Waals surface area contributed by atoms with Gasteiger partial charge in [0, 0.05) is 29.1 Å². The van der Waals surface area contributed by atoms with E-state index in [0.717, 1.165) is 0 Å². The first-order valence-corrected chi connectivity index (χ1v) is 10.8. The fourth-order valence-corrected chi connectivity index (χ4v) is 5.24. The molecule has 31 heavy (non-hydrogen) atoms. The lowest BCUT2D eigenvalue weighted by Gasteiger charge is -2.41. The summed E-state index contributed by atoms with van der Waals surface area (Å²) in [6.07, 6.45) is 0.971. The van der Waals surface area contributed by atoms with Crippen LogP contribution in [0.1, 0.15) is 50.8 Å². The summed E-state index contributed by atoms with van der Waals surface area (Å²) in [6.45, 7) is 5.50. The summed E-state index contributed by atoms with van der Waals surface area (Å²) in [5.74, 6) is -0.952. The molecule has 158 valence electrons. The molecule has 2 unspecified atom stereocenters. The van der Waals surface area contributed by atoms with Crippen LogP contribution in [0, 0.1) is 22.7 Å². The Morgan fingerprint density at radius 1 is 1.23 bits per heavy atom. The molecule has 1 saturated carbocycles. The van der Waals surface area contributed by atoms with Crippen molar-refractivity contribution >= 4 is 52.0 Å². The van der Waals surface area contributed by atoms with Gasteiger partial charge in [-0.15, -0.1) is 0 Å². The molecule has 0 saturated heterocycles. The number of carbonyl (C=O) groups excluding carboxylic acids is 2. The smallest absolute Gasteiger partial charge is 0.224 e. The minimum atomic E-state index is -0.722. The number of Topliss-reactive ketones (excluding diaryl/α,β-unsaturated/α-hetero) is 1. The molecule has 0 radical (unpaired) electrons. The predicted octanol–water partition coefficient (Wildman–Crippen LogP) is 6.05. The van der Waals surface area contributed by atoms with Gasteiger partial charge in [0.15, 0.2) is 0 Å². The molecule has 7 heteroatoms. The molecule has 0 aromatic heterocycles. The number of nitriles is 1. The number of halogens is 2. The maximum atomic E-state index is 13.5. The van der Waals surface area contributed by atoms with Crippen molar-refractivity contribution in [3.63, 3.8) is 0 Å². The second-order valence-electron chi connectivity index (χ2n) is 8.85. The van der Waals surface area contributed by atoms with E-state index in [2.05, 4.69) is 6.07 Å². The number of benzene rings is 2. The average Bonchev–Trinajstić information content (AvgIpc) is 2.81. The second-order valence-corrected chi connectivity index (χ2v) is 9.69. The molecule has 1 aliphatic heterocycles. The van der Waals surface area contributed by atoms with Gasteiger partial charge in [0.1, 0.15) is 11.9 Å². The minimum Gasteiger partial charge on any atom is -0.301 e. The highest BCUT2D eigenvalue weighted by Crippen LogP contribution is 2.50. The van der Waals surface area contributed by atoms with Crippen LogP contribution in [0.2, 0.25) is 10.0 Å². The molecule has 0 bridgehead atoms. The number of ketones is 1. The number of hydrogen-bond acceptors (Lipinski definition) is 4. The molecular formula is C24H21Cl2N3O2. The van der Waals surface area contributed by atoms with Gasteiger partial charge >= 0.3 is 0 Å². The number of anilines is 1. The fourth-order valence-electron chi connectivity index (χ4n) is 4.72. The van der Waals surface area contributed by atoms with E-state index >= 15 is 0 Å². The van der Waals surface area contributed by atoms with Crippen LogP contribution >= 0.6 is 23.2 Å². The van der Waals surface area contributed by atoms with Crippen molar-refractivity contribution in [3.8, 4) is 6.07 Å². The van der Waals surface area contributed by atoms with Crippen LogP contribution in [0.3, 0.4) is 0 Å². The van der Waals surface area contributed by atoms with Crippen molar-refractivity contribution in [1.29, 1.82) is 5.26 Å². The van der Waals surface area contributed by atoms with Crippen LogP contribution in [0.15, 0.2) is 41.4 Å². The third kappa shape index (κ3) is 3.75. The third-order valence-electron chi connectivity index (χ3n) is 5.87. The van der Waals surface area contributed by atoms with Crippen LogP contribution in [0.4, 0.5) is 11.4 Å². The van der Waals surface area contributed by atoms with Gasteiger partial charge in [-0.2, -0.15) is 5.26 Å². The van der Waals surface area contributed by atoms with Gasteiger partial charge in [0.25, 0.3) is 0 Å². The van der Waals surface area contributed by atoms with E-state index < -0.39 is 12.0 Å². The lowest BCUT2D eigenvalue weighted by molar-refractivity contribution is -0.124. The number of amides is 1. The minimum absolute atomic E-state index is 0.00332. The quantitative estimate of drug-likeness (QED) is 0.527. The van der Waals surface area contributed by atoms with Gasteiger partial charge in [0.05, 0.1) is 28.9 Å². The van der Waals surface area contributed by atoms with Crippen LogP contribution in [0.5, 0.6) is 0 Å². The molecule has 1 amide bonds. The van der Waals surface area contributed by atoms with Gasteiger partial charge in [-0.3, -0.25) is 14.6 Å². The van der Waals surface area contributed by atoms with E-state index in [-0.39, 0.29) is 17.1 Å². The van der Waals surface area contributed by atoms with Crippen molar-refractivity contribution in [2.45, 2.75) is 39.7 Å². The van der Waals surface area contributed by atoms with Crippen LogP contribution in [0.25, 0.3) is 0 Å². The summed E-state index contributed by atoms with van der Waals surface area (Å²) >= 11 is 12.7. The lowest BCUT2D eigenvalue weighted by atomic mass is 9.68. The summed E-state index contributed by atoms with van der Waals surface area (Å²) in [4.78, 5) is 32.9. The molecule has 4 rings (SSSR count). The van der Waals surface area contributed by atoms with Crippen molar-refractivity contribution < 1.29 is 9.59 Å². The molecule has 1 heterocycles. The molecule has 1 fully saturated rings. The first-order valence-electron chi connectivity index (χ1n) is 10.0. The maximum absolute atomic E-state index is 13.5. The van der Waals surface area contributed by atoms with E-state index in [1.54, 1.807) is 36.4 Å². The number of hydrogen-bond donors (Lipinski definition) is 0. The molecule has 1 aliphatic carbocycles. The highest BCUT2D eigenvalue weighted by atomic mass is 35.5. The Kier molecular flexibility index (Phi) is 5.41. The number of aliphatic imine (C=N–C) groups is 1. The molecule has 2 atom stereocenters. The summed E-state index contributed by atoms with van der Waals surface area (Å²) in [7, 11) is 0. The van der Waals surface area contributed by atoms with Crippen LogP contribution < -0.4 is 4.90 Å². The number of para-hydroxylation sites is 1. The Balaban J connectivity index is 2.07. The topological polar surface area (TPSA) is 73.5 Å². The second kappa shape index (κ2) is 7.78. The highest BCUT2D eigenvalue weighted by molar-refractivity contribution is 6.35. The molecule has 0 N–H and O–H groups in total. The number of carbonyl (C=O) groups is 2. The van der Waals surface area contributed by atoms with Gasteiger partial charge in [-0.05, 0) is 41.7 Å². The van der Waals surface area contributed by atoms with Crippen LogP contribution in [-0.2, 0) is 9.59 Å². The fraction of sp³-hybridized carbons (Fsp3) is 0.333. The average molecular weight is 454 g/mol. The first kappa shape index (κ1) is 21.5. The maximum Gasteiger partial charge on any atom is 0.224 e. The lowest BCUT2D eigenvalue weighted by Crippen LogP contribution is -2.47. The van der Waals surface area contributed by atoms with E-state index in [9.17, 15) is 14.9 Å². The van der Waals surface area contributed by atoms with E-state index in [4.69, 9.17) is 28.2 Å². The monoisotopic (exact) mass is 453 g/mol. The largest absolute Gasteiger partial charge is 0.301 e. The molecular weight excluding hydrogens is 433 g/mol. The zero-order chi connectivity index (χ0) is 22.5. The van der Waals surface area contributed by atoms with Crippen molar-refractivity contribution in [1.82, 2.24) is 0 Å². The first-order chi connectivity index (χ1) is 14.6. The zero-order valence-corrected chi connectivity index (χ0v) is 19.0. The molecule has 0 spiro atoms. The highest BCUT2D eigenvalue weighted by Gasteiger charge is 2.48. The summed E-state index contributed by atoms with van der Waals surface area (Å²) < 4.78 is 0. The predicted molar refractivity (Wildman–Crippen MR) is 122 cm³/mol. The standard InChI is InChI=1S/C24H21Cl2N3O2/c1-13(30)29-22-14(12-27)5-4-6-18(22)28-19-10-24(2,3)11-20(31)21(19)23(29)16-8-7-15(25)9-17(16)26/h4-9,21,23H,10-11H2,1-3H3. The third-order valence-corrected chi connectivity index (χ3v) is 6.44. The van der Waals surface area contributed by atoms with Crippen molar-refractivity contribution in [2.75, 3.05) is 4.90 Å². The Bertz CT molecular complexity index is 1180. The number of rotatable bonds is 1. The zero-order valence-electron chi connectivity index (χ0n) is 17.4. The summed E-state index contributed by atoms with van der Waals surface area (Å²) in [6, 6.07) is 11.6. The summed E-state index contributed by atoms with van der Waals surface area (Å²) in [5, 5.41) is 10.6. The van der Waals surface area contributed by atoms with Crippen molar-refractivity contribution in [3.05, 3.63) is 57.6 Å². The summed E-state index contributed by atoms with van der Waals surface area (Å²) in [5.41, 5.74) is 2.29.